The number of benzene rings is 2. The Labute approximate surface area is 516 Å². The number of rotatable bonds is 23. The second-order valence-corrected chi connectivity index (χ2v) is 23.4. The maximum atomic E-state index is 14.4. The zero-order valence-electron chi connectivity index (χ0n) is 51.3. The minimum Gasteiger partial charge on any atom is -0.495 e. The smallest absolute Gasteiger partial charge is 0.410 e. The van der Waals surface area contributed by atoms with Gasteiger partial charge in [-0.1, -0.05) is 74.7 Å². The molecule has 27 heteroatoms. The van der Waals surface area contributed by atoms with Gasteiger partial charge in [-0.2, -0.15) is 0 Å². The lowest BCUT2D eigenvalue weighted by Gasteiger charge is -2.42. The molecule has 0 aliphatic carbocycles. The number of carbonyl (C=O) groups excluding carboxylic acids is 10. The number of urea groups is 1. The topological polar surface area (TPSA) is 346 Å². The molecule has 0 saturated carbocycles. The first kappa shape index (κ1) is 69.0. The highest BCUT2D eigenvalue weighted by molar-refractivity contribution is 6.35. The van der Waals surface area contributed by atoms with Gasteiger partial charge in [0.05, 0.1) is 25.3 Å². The van der Waals surface area contributed by atoms with Gasteiger partial charge in [-0.05, 0) is 94.2 Å². The van der Waals surface area contributed by atoms with Crippen LogP contribution in [0.15, 0.2) is 72.4 Å². The molecule has 0 spiro atoms. The van der Waals surface area contributed by atoms with Gasteiger partial charge in [0.15, 0.2) is 5.72 Å². The number of amides is 10. The fourth-order valence-corrected chi connectivity index (χ4v) is 10.8. The number of aliphatic hydroxyl groups is 1. The number of nitrogens with two attached hydrogens (primary N) is 1. The number of allylic oxidation sites excluding steroid dienone is 3. The molecule has 480 valence electrons. The largest absolute Gasteiger partial charge is 0.495 e. The molecule has 4 heterocycles. The fraction of sp³-hybridized carbons (Fsp3) is 0.541. The lowest BCUT2D eigenvalue weighted by atomic mass is 9.83. The molecule has 10 atom stereocenters. The summed E-state index contributed by atoms with van der Waals surface area (Å²) in [7, 11) is 5.70. The Morgan fingerprint density at radius 2 is 1.66 bits per heavy atom. The number of ether oxygens (including phenoxy) is 6. The third-order valence-corrected chi connectivity index (χ3v) is 16.4. The molecule has 2 aromatic carbocycles. The van der Waals surface area contributed by atoms with E-state index in [4.69, 9.17) is 45.8 Å². The van der Waals surface area contributed by atoms with Crippen LogP contribution in [-0.2, 0) is 70.3 Å². The average molecular weight is 1250 g/mol. The molecule has 8 N–H and O–H groups in total. The molecule has 6 rings (SSSR count). The average Bonchev–Trinajstić information content (AvgIpc) is 1.82. The number of nitrogens with one attached hydrogen (secondary N) is 5. The van der Waals surface area contributed by atoms with Crippen LogP contribution in [-0.4, -0.2) is 170 Å². The molecule has 1 unspecified atom stereocenters. The number of nitrogens with zero attached hydrogens (tertiary/aromatic N) is 3. The zero-order chi connectivity index (χ0) is 64.8. The summed E-state index contributed by atoms with van der Waals surface area (Å²) in [5.41, 5.74) is 4.68. The van der Waals surface area contributed by atoms with Crippen molar-refractivity contribution in [3.8, 4) is 5.75 Å². The van der Waals surface area contributed by atoms with Crippen LogP contribution in [0.1, 0.15) is 104 Å². The maximum absolute atomic E-state index is 14.4. The molecular weight excluding hydrogens is 1170 g/mol. The maximum Gasteiger partial charge on any atom is 0.410 e. The summed E-state index contributed by atoms with van der Waals surface area (Å²) >= 11 is 6.83. The number of alkyl carbamates (subject to hydrolysis) is 1. The van der Waals surface area contributed by atoms with Gasteiger partial charge in [-0.25, -0.2) is 19.2 Å². The molecule has 88 heavy (non-hydrogen) atoms. The number of hydrogen-bond donors (Lipinski definition) is 7. The summed E-state index contributed by atoms with van der Waals surface area (Å²) in [5, 5.41) is 25.3. The molecule has 2 saturated heterocycles. The monoisotopic (exact) mass is 1250 g/mol. The van der Waals surface area contributed by atoms with Crippen molar-refractivity contribution in [3.05, 3.63) is 88.5 Å². The highest BCUT2D eigenvalue weighted by Crippen LogP contribution is 2.49. The zero-order valence-corrected chi connectivity index (χ0v) is 52.1. The van der Waals surface area contributed by atoms with E-state index in [2.05, 4.69) is 26.6 Å². The molecule has 4 aliphatic heterocycles. The highest BCUT2D eigenvalue weighted by Gasteiger charge is 2.64. The van der Waals surface area contributed by atoms with E-state index in [1.165, 1.54) is 52.3 Å². The minimum absolute atomic E-state index is 0.0698. The quantitative estimate of drug-likeness (QED) is 0.0258. The first-order chi connectivity index (χ1) is 41.6. The second kappa shape index (κ2) is 30.7. The Morgan fingerprint density at radius 3 is 2.31 bits per heavy atom. The fourth-order valence-electron chi connectivity index (χ4n) is 10.5. The Hall–Kier alpha value is -8.07. The summed E-state index contributed by atoms with van der Waals surface area (Å²) in [4.78, 5) is 134. The Kier molecular flexibility index (Phi) is 24.1. The first-order valence-electron chi connectivity index (χ1n) is 29.1. The van der Waals surface area contributed by atoms with Gasteiger partial charge in [0.1, 0.15) is 59.4 Å². The molecule has 4 aliphatic rings. The molecule has 0 aromatic heterocycles. The van der Waals surface area contributed by atoms with Crippen LogP contribution in [0, 0.1) is 11.8 Å². The van der Waals surface area contributed by atoms with Crippen molar-refractivity contribution in [1.82, 2.24) is 31.1 Å². The Bertz CT molecular complexity index is 3010. The lowest BCUT2D eigenvalue weighted by molar-refractivity contribution is -0.158. The van der Waals surface area contributed by atoms with E-state index in [1.807, 2.05) is 13.0 Å². The van der Waals surface area contributed by atoms with Crippen molar-refractivity contribution in [2.24, 2.45) is 17.6 Å². The summed E-state index contributed by atoms with van der Waals surface area (Å²) in [6.07, 6.45) is 3.41. The van der Waals surface area contributed by atoms with Crippen molar-refractivity contribution in [2.45, 2.75) is 160 Å². The molecule has 10 amide bonds. The minimum atomic E-state index is -1.91. The van der Waals surface area contributed by atoms with E-state index < -0.39 is 114 Å². The van der Waals surface area contributed by atoms with Crippen molar-refractivity contribution in [1.29, 1.82) is 0 Å². The summed E-state index contributed by atoms with van der Waals surface area (Å²) in [5.74, 6) is -4.54. The number of unbranched alkanes of at least 4 members (excludes halogenated alkanes) is 2. The van der Waals surface area contributed by atoms with E-state index >= 15 is 0 Å². The number of esters is 1. The van der Waals surface area contributed by atoms with E-state index in [0.717, 1.165) is 20.9 Å². The van der Waals surface area contributed by atoms with E-state index in [1.54, 1.807) is 76.2 Å². The van der Waals surface area contributed by atoms with E-state index in [0.29, 0.717) is 48.4 Å². The molecule has 0 radical (unpaired) electrons. The van der Waals surface area contributed by atoms with Crippen LogP contribution < -0.4 is 42.0 Å². The number of primary amides is 1. The number of anilines is 2. The highest BCUT2D eigenvalue weighted by atomic mass is 35.5. The Balaban J connectivity index is 1.09. The van der Waals surface area contributed by atoms with Crippen molar-refractivity contribution in [3.63, 3.8) is 0 Å². The second-order valence-electron chi connectivity index (χ2n) is 23.0. The lowest BCUT2D eigenvalue weighted by Crippen LogP contribution is -2.63. The summed E-state index contributed by atoms with van der Waals surface area (Å²) < 4.78 is 35.0. The van der Waals surface area contributed by atoms with Gasteiger partial charge in [-0.3, -0.25) is 43.9 Å². The van der Waals surface area contributed by atoms with Gasteiger partial charge >= 0.3 is 24.2 Å². The molecular formula is C61H82ClN9O17. The third-order valence-electron chi connectivity index (χ3n) is 16.1. The Morgan fingerprint density at radius 1 is 0.966 bits per heavy atom. The number of halogens is 1. The first-order valence-corrected chi connectivity index (χ1v) is 29.5. The number of likely N-dealkylation sites (N-methyl/N-ethyl adjacent to an activating group) is 1. The van der Waals surface area contributed by atoms with Gasteiger partial charge in [-0.15, -0.1) is 0 Å². The van der Waals surface area contributed by atoms with Crippen LogP contribution in [0.2, 0.25) is 5.02 Å². The van der Waals surface area contributed by atoms with Crippen molar-refractivity contribution in [2.75, 3.05) is 51.6 Å². The SMILES string of the molecule is COc1cc2cc(c1Cl)N(C)C(=O)C[C@H](OC(=O)[C@H](C)N(C)C(=O)OCc1ccc(NC(=O)[C@H](CCCNC(N)=O)NC(=O)C(NC(=O)CCCCCN3C(=O)C=CC3=O)C(C)C)cc1)[C@]1(C)O[C@H]1[C@H](C)[C@@H]1C[C@@](O)(NC(=O)O1)[C@H](OC)/C=C/C=C(\C)C2. The predicted molar refractivity (Wildman–Crippen MR) is 321 cm³/mol. The van der Waals surface area contributed by atoms with Crippen molar-refractivity contribution < 1.29 is 81.5 Å². The molecule has 2 fully saturated rings. The number of fused-ring (bicyclic) bond motifs is 5. The number of epoxide rings is 1. The third kappa shape index (κ3) is 18.0. The van der Waals surface area contributed by atoms with Gasteiger partial charge < -0.3 is 65.4 Å². The number of carbonyl (C=O) groups is 10. The van der Waals surface area contributed by atoms with Crippen LogP contribution in [0.4, 0.5) is 25.8 Å². The van der Waals surface area contributed by atoms with Crippen LogP contribution >= 0.6 is 11.6 Å². The van der Waals surface area contributed by atoms with Crippen LogP contribution in [0.5, 0.6) is 5.75 Å². The van der Waals surface area contributed by atoms with Crippen molar-refractivity contribution >= 4 is 82.6 Å². The molecule has 26 nitrogen and oxygen atoms in total. The number of methoxy groups -OCH3 is 2. The van der Waals surface area contributed by atoms with E-state index in [-0.39, 0.29) is 68.1 Å². The van der Waals surface area contributed by atoms with Gasteiger partial charge in [0.25, 0.3) is 11.8 Å². The summed E-state index contributed by atoms with van der Waals surface area (Å²) in [6.45, 7) is 10.2. The molecule has 4 bridgehead atoms. The standard InChI is InChI=1S/C61H82ClN9O17/c1-34(2)52(67-47(72)19-12-11-13-27-71-48(73)24-25-49(71)74)55(77)66-41(17-15-26-64-57(63)79)54(76)65-40-22-20-38(21-23-40)33-85-59(81)69(7)37(5)56(78)87-46-31-50(75)70(8)42-29-39(30-43(83-9)51(42)62)28-35(3)16-14-18-45(84-10)61(82)32-44(86-58(80)68-61)36(4)53-60(46,6)88-53/h14,16,18,20-25,29-30,34,36-37,41,44-46,52-53,82H,11-13,15,17,19,26-28,31-33H2,1-10H3,(H,65,76)(H,66,77)(H,67,72)(H,68,80)(H3,63,64,79)/b18-14+,35-16+/t36-,37+,41+,44+,45-,46+,52?,53+,60+,61+/m1/s1. The van der Waals surface area contributed by atoms with Gasteiger partial charge in [0, 0.05) is 70.9 Å². The normalized spacial score (nSPS) is 24.7. The number of imide groups is 1. The predicted octanol–water partition coefficient (Wildman–Crippen LogP) is 4.82. The molecule has 2 aromatic rings. The number of hydrogen-bond acceptors (Lipinski definition) is 17. The van der Waals surface area contributed by atoms with Crippen LogP contribution in [0.25, 0.3) is 0 Å². The van der Waals surface area contributed by atoms with E-state index in [9.17, 15) is 53.1 Å². The van der Waals surface area contributed by atoms with Crippen LogP contribution in [0.3, 0.4) is 0 Å². The van der Waals surface area contributed by atoms with Gasteiger partial charge in [0.2, 0.25) is 23.6 Å². The summed E-state index contributed by atoms with van der Waals surface area (Å²) in [6, 6.07) is 5.55.